The topological polar surface area (TPSA) is 60.8 Å². The van der Waals surface area contributed by atoms with Gasteiger partial charge in [-0.2, -0.15) is 0 Å². The molecular formula is C15H25NO4. The highest BCUT2D eigenvalue weighted by molar-refractivity contribution is 5.24. The molecule has 0 aromatic carbocycles. The van der Waals surface area contributed by atoms with Crippen molar-refractivity contribution >= 4 is 0 Å². The molecule has 1 rings (SSSR count). The molecular weight excluding hydrogens is 258 g/mol. The molecule has 0 amide bonds. The van der Waals surface area contributed by atoms with Gasteiger partial charge in [0.05, 0.1) is 13.2 Å². The van der Waals surface area contributed by atoms with E-state index >= 15 is 0 Å². The second-order valence-corrected chi connectivity index (χ2v) is 4.52. The van der Waals surface area contributed by atoms with E-state index in [9.17, 15) is 5.11 Å². The molecule has 0 spiro atoms. The molecule has 5 nitrogen and oxygen atoms in total. The number of aryl methyl sites for hydroxylation is 1. The van der Waals surface area contributed by atoms with Crippen LogP contribution in [0.15, 0.2) is 12.1 Å². The van der Waals surface area contributed by atoms with E-state index in [0.29, 0.717) is 32.3 Å². The van der Waals surface area contributed by atoms with Gasteiger partial charge in [-0.05, 0) is 24.5 Å². The van der Waals surface area contributed by atoms with Crippen LogP contribution >= 0.6 is 0 Å². The van der Waals surface area contributed by atoms with Gasteiger partial charge in [0.25, 0.3) is 0 Å². The number of methoxy groups -OCH3 is 1. The number of hydrogen-bond acceptors (Lipinski definition) is 5. The van der Waals surface area contributed by atoms with Crippen LogP contribution < -0.4 is 4.74 Å². The van der Waals surface area contributed by atoms with Crippen molar-refractivity contribution in [1.29, 1.82) is 0 Å². The molecule has 0 unspecified atom stereocenters. The maximum atomic E-state index is 9.23. The summed E-state index contributed by atoms with van der Waals surface area (Å²) in [5.41, 5.74) is 1.79. The fraction of sp³-hybridized carbons (Fsp3) is 0.667. The monoisotopic (exact) mass is 283 g/mol. The van der Waals surface area contributed by atoms with E-state index in [1.165, 1.54) is 0 Å². The van der Waals surface area contributed by atoms with E-state index in [1.54, 1.807) is 13.2 Å². The molecule has 0 aliphatic heterocycles. The molecule has 0 aliphatic rings. The zero-order valence-corrected chi connectivity index (χ0v) is 12.4. The normalized spacial score (nSPS) is 10.8. The first kappa shape index (κ1) is 16.9. The average molecular weight is 283 g/mol. The van der Waals surface area contributed by atoms with Crippen molar-refractivity contribution < 1.29 is 19.3 Å². The number of hydrogen-bond donors (Lipinski definition) is 1. The molecule has 114 valence electrons. The van der Waals surface area contributed by atoms with E-state index in [2.05, 4.69) is 11.9 Å². The highest BCUT2D eigenvalue weighted by Gasteiger charge is 2.03. The molecule has 1 aromatic rings. The van der Waals surface area contributed by atoms with Crippen LogP contribution in [0.4, 0.5) is 0 Å². The Balaban J connectivity index is 2.33. The number of aliphatic hydroxyl groups is 1. The van der Waals surface area contributed by atoms with Crippen LogP contribution in [0.25, 0.3) is 0 Å². The number of ether oxygens (including phenoxy) is 3. The van der Waals surface area contributed by atoms with Crippen molar-refractivity contribution in [3.63, 3.8) is 0 Å². The molecule has 1 heterocycles. The lowest BCUT2D eigenvalue weighted by Gasteiger charge is -2.09. The van der Waals surface area contributed by atoms with Crippen LogP contribution in [-0.2, 0) is 22.5 Å². The van der Waals surface area contributed by atoms with Crippen molar-refractivity contribution in [2.24, 2.45) is 0 Å². The Hall–Kier alpha value is -1.17. The molecule has 0 fully saturated rings. The highest BCUT2D eigenvalue weighted by Crippen LogP contribution is 2.14. The molecule has 1 aromatic heterocycles. The van der Waals surface area contributed by atoms with Gasteiger partial charge in [0.1, 0.15) is 6.61 Å². The van der Waals surface area contributed by atoms with Crippen LogP contribution in [0.2, 0.25) is 0 Å². The van der Waals surface area contributed by atoms with E-state index in [1.807, 2.05) is 6.07 Å². The number of rotatable bonds is 11. The predicted molar refractivity (Wildman–Crippen MR) is 77.0 cm³/mol. The number of nitrogens with zero attached hydrogens (tertiary/aromatic N) is 1. The summed E-state index contributed by atoms with van der Waals surface area (Å²) in [5.74, 6) is 0.556. The Morgan fingerprint density at radius 1 is 1.15 bits per heavy atom. The van der Waals surface area contributed by atoms with Gasteiger partial charge in [-0.25, -0.2) is 4.98 Å². The third-order valence-electron chi connectivity index (χ3n) is 2.72. The smallest absolute Gasteiger partial charge is 0.213 e. The number of pyridine rings is 1. The Morgan fingerprint density at radius 2 is 2.00 bits per heavy atom. The summed E-state index contributed by atoms with van der Waals surface area (Å²) in [6.45, 7) is 4.47. The second kappa shape index (κ2) is 10.6. The molecule has 0 bridgehead atoms. The lowest BCUT2D eigenvalue weighted by atomic mass is 10.2. The molecule has 1 N–H and O–H groups in total. The maximum absolute atomic E-state index is 9.23. The van der Waals surface area contributed by atoms with E-state index in [4.69, 9.17) is 14.2 Å². The minimum atomic E-state index is 0.00309. The van der Waals surface area contributed by atoms with E-state index < -0.39 is 0 Å². The fourth-order valence-electron chi connectivity index (χ4n) is 1.78. The van der Waals surface area contributed by atoms with Crippen molar-refractivity contribution in [2.45, 2.75) is 32.8 Å². The third kappa shape index (κ3) is 6.84. The van der Waals surface area contributed by atoms with Crippen molar-refractivity contribution in [2.75, 3.05) is 33.5 Å². The first-order valence-corrected chi connectivity index (χ1v) is 7.10. The van der Waals surface area contributed by atoms with Gasteiger partial charge in [-0.3, -0.25) is 0 Å². The Morgan fingerprint density at radius 3 is 2.70 bits per heavy atom. The molecule has 0 aliphatic carbocycles. The SMILES string of the molecule is CCCc1cc(CO)cc(OCCOCCCOC)n1. The summed E-state index contributed by atoms with van der Waals surface area (Å²) in [4.78, 5) is 4.41. The zero-order chi connectivity index (χ0) is 14.6. The van der Waals surface area contributed by atoms with E-state index in [0.717, 1.165) is 30.5 Å². The summed E-state index contributed by atoms with van der Waals surface area (Å²) < 4.78 is 15.9. The zero-order valence-electron chi connectivity index (χ0n) is 12.4. The lowest BCUT2D eigenvalue weighted by Crippen LogP contribution is -2.10. The van der Waals surface area contributed by atoms with Crippen LogP contribution in [0, 0.1) is 0 Å². The van der Waals surface area contributed by atoms with Crippen LogP contribution in [0.5, 0.6) is 5.88 Å². The van der Waals surface area contributed by atoms with Gasteiger partial charge in [0.2, 0.25) is 5.88 Å². The summed E-state index contributed by atoms with van der Waals surface area (Å²) in [7, 11) is 1.68. The Bertz CT molecular complexity index is 371. The lowest BCUT2D eigenvalue weighted by molar-refractivity contribution is 0.0794. The minimum Gasteiger partial charge on any atom is -0.475 e. The summed E-state index contributed by atoms with van der Waals surface area (Å²) in [5, 5.41) is 9.23. The fourth-order valence-corrected chi connectivity index (χ4v) is 1.78. The van der Waals surface area contributed by atoms with Crippen LogP contribution in [0.1, 0.15) is 31.0 Å². The van der Waals surface area contributed by atoms with E-state index in [-0.39, 0.29) is 6.61 Å². The van der Waals surface area contributed by atoms with Crippen molar-refractivity contribution in [1.82, 2.24) is 4.98 Å². The standard InChI is InChI=1S/C15H25NO4/c1-3-5-14-10-13(12-17)11-15(16-14)20-9-8-19-7-4-6-18-2/h10-11,17H,3-9,12H2,1-2H3. The number of aliphatic hydroxyl groups excluding tert-OH is 1. The molecule has 0 saturated heterocycles. The molecule has 0 atom stereocenters. The summed E-state index contributed by atoms with van der Waals surface area (Å²) in [6, 6.07) is 3.68. The van der Waals surface area contributed by atoms with Gasteiger partial charge in [0.15, 0.2) is 0 Å². The molecule has 0 radical (unpaired) electrons. The largest absolute Gasteiger partial charge is 0.475 e. The van der Waals surface area contributed by atoms with Gasteiger partial charge < -0.3 is 19.3 Å². The molecule has 0 saturated carbocycles. The highest BCUT2D eigenvalue weighted by atomic mass is 16.5. The van der Waals surface area contributed by atoms with Crippen molar-refractivity contribution in [3.8, 4) is 5.88 Å². The maximum Gasteiger partial charge on any atom is 0.213 e. The molecule has 5 heteroatoms. The quantitative estimate of drug-likeness (QED) is 0.629. The average Bonchev–Trinajstić information content (AvgIpc) is 2.46. The Labute approximate surface area is 120 Å². The summed E-state index contributed by atoms with van der Waals surface area (Å²) in [6.07, 6.45) is 2.79. The summed E-state index contributed by atoms with van der Waals surface area (Å²) >= 11 is 0. The minimum absolute atomic E-state index is 0.00309. The molecule has 20 heavy (non-hydrogen) atoms. The number of aromatic nitrogens is 1. The first-order chi connectivity index (χ1) is 9.80. The third-order valence-corrected chi connectivity index (χ3v) is 2.72. The Kier molecular flexibility index (Phi) is 8.95. The predicted octanol–water partition coefficient (Wildman–Crippen LogP) is 1.96. The van der Waals surface area contributed by atoms with Crippen LogP contribution in [-0.4, -0.2) is 43.6 Å². The second-order valence-electron chi connectivity index (χ2n) is 4.52. The van der Waals surface area contributed by atoms with Crippen molar-refractivity contribution in [3.05, 3.63) is 23.4 Å². The van der Waals surface area contributed by atoms with Gasteiger partial charge in [0, 0.05) is 32.1 Å². The first-order valence-electron chi connectivity index (χ1n) is 7.10. The van der Waals surface area contributed by atoms with Gasteiger partial charge in [-0.15, -0.1) is 0 Å². The van der Waals surface area contributed by atoms with Crippen LogP contribution in [0.3, 0.4) is 0 Å². The van der Waals surface area contributed by atoms with Gasteiger partial charge >= 0.3 is 0 Å². The van der Waals surface area contributed by atoms with Gasteiger partial charge in [-0.1, -0.05) is 13.3 Å².